The summed E-state index contributed by atoms with van der Waals surface area (Å²) >= 11 is 0. The molecule has 1 saturated carbocycles. The molecule has 3 nitrogen and oxygen atoms in total. The van der Waals surface area contributed by atoms with Gasteiger partial charge in [0.25, 0.3) is 0 Å². The van der Waals surface area contributed by atoms with Crippen LogP contribution in [0.25, 0.3) is 0 Å². The van der Waals surface area contributed by atoms with E-state index in [1.807, 2.05) is 7.05 Å². The van der Waals surface area contributed by atoms with Crippen molar-refractivity contribution < 1.29 is 14.3 Å². The number of halogens is 1. The Hall–Kier alpha value is -1.42. The maximum absolute atomic E-state index is 13.7. The van der Waals surface area contributed by atoms with Crippen LogP contribution >= 0.6 is 0 Å². The second-order valence-electron chi connectivity index (χ2n) is 4.61. The first kappa shape index (κ1) is 12.0. The Morgan fingerprint density at radius 2 is 2.24 bits per heavy atom. The maximum Gasteiger partial charge on any atom is 0.335 e. The monoisotopic (exact) mass is 237 g/mol. The van der Waals surface area contributed by atoms with Crippen LogP contribution in [0.4, 0.5) is 4.39 Å². The number of carbonyl (C=O) groups is 1. The van der Waals surface area contributed by atoms with E-state index >= 15 is 0 Å². The molecular weight excluding hydrogens is 221 g/mol. The van der Waals surface area contributed by atoms with Gasteiger partial charge in [0.05, 0.1) is 5.56 Å². The number of aromatic carboxylic acids is 1. The van der Waals surface area contributed by atoms with Gasteiger partial charge in [0.2, 0.25) is 0 Å². The van der Waals surface area contributed by atoms with Gasteiger partial charge in [0.15, 0.2) is 0 Å². The molecule has 0 aromatic heterocycles. The van der Waals surface area contributed by atoms with E-state index in [1.54, 1.807) is 6.07 Å². The van der Waals surface area contributed by atoms with Gasteiger partial charge in [0, 0.05) is 18.2 Å². The van der Waals surface area contributed by atoms with Gasteiger partial charge in [-0.1, -0.05) is 12.5 Å². The summed E-state index contributed by atoms with van der Waals surface area (Å²) in [5, 5.41) is 8.74. The SMILES string of the molecule is CN(Cc1ccc(C(=O)O)cc1F)C1CCC1. The van der Waals surface area contributed by atoms with E-state index in [9.17, 15) is 9.18 Å². The molecule has 2 rings (SSSR count). The number of rotatable bonds is 4. The van der Waals surface area contributed by atoms with E-state index in [4.69, 9.17) is 5.11 Å². The molecule has 1 aromatic carbocycles. The average Bonchev–Trinajstić information content (AvgIpc) is 2.18. The minimum atomic E-state index is -1.09. The van der Waals surface area contributed by atoms with Crippen molar-refractivity contribution in [2.24, 2.45) is 0 Å². The molecular formula is C13H16FNO2. The lowest BCUT2D eigenvalue weighted by Gasteiger charge is -2.34. The lowest BCUT2D eigenvalue weighted by atomic mass is 9.91. The van der Waals surface area contributed by atoms with Crippen LogP contribution in [0.15, 0.2) is 18.2 Å². The Morgan fingerprint density at radius 3 is 2.71 bits per heavy atom. The molecule has 1 aromatic rings. The van der Waals surface area contributed by atoms with Gasteiger partial charge in [-0.05, 0) is 32.0 Å². The molecule has 0 atom stereocenters. The van der Waals surface area contributed by atoms with Gasteiger partial charge in [-0.3, -0.25) is 4.90 Å². The molecule has 1 N–H and O–H groups in total. The maximum atomic E-state index is 13.7. The van der Waals surface area contributed by atoms with E-state index in [2.05, 4.69) is 4.90 Å². The van der Waals surface area contributed by atoms with Gasteiger partial charge < -0.3 is 5.11 Å². The van der Waals surface area contributed by atoms with E-state index in [0.717, 1.165) is 6.07 Å². The van der Waals surface area contributed by atoms with Gasteiger partial charge >= 0.3 is 5.97 Å². The first-order valence-corrected chi connectivity index (χ1v) is 5.80. The summed E-state index contributed by atoms with van der Waals surface area (Å²) in [6.45, 7) is 0.538. The van der Waals surface area contributed by atoms with E-state index in [1.165, 1.54) is 25.3 Å². The van der Waals surface area contributed by atoms with Crippen LogP contribution in [0.2, 0.25) is 0 Å². The summed E-state index contributed by atoms with van der Waals surface area (Å²) in [5.41, 5.74) is 0.557. The lowest BCUT2D eigenvalue weighted by Crippen LogP contribution is -2.36. The van der Waals surface area contributed by atoms with Crippen molar-refractivity contribution in [3.63, 3.8) is 0 Å². The zero-order chi connectivity index (χ0) is 12.4. The molecule has 0 radical (unpaired) electrons. The summed E-state index contributed by atoms with van der Waals surface area (Å²) in [6, 6.07) is 4.66. The van der Waals surface area contributed by atoms with Gasteiger partial charge in [0.1, 0.15) is 5.82 Å². The standard InChI is InChI=1S/C13H16FNO2/c1-15(11-3-2-4-11)8-10-6-5-9(13(16)17)7-12(10)14/h5-7,11H,2-4,8H2,1H3,(H,16,17). The number of hydrogen-bond donors (Lipinski definition) is 1. The van der Waals surface area contributed by atoms with Crippen LogP contribution in [-0.4, -0.2) is 29.1 Å². The third kappa shape index (κ3) is 2.64. The van der Waals surface area contributed by atoms with Crippen LogP contribution < -0.4 is 0 Å². The first-order chi connectivity index (χ1) is 8.08. The fraction of sp³-hybridized carbons (Fsp3) is 0.462. The van der Waals surface area contributed by atoms with Crippen LogP contribution in [-0.2, 0) is 6.54 Å². The Labute approximate surface area is 99.9 Å². The van der Waals surface area contributed by atoms with Crippen LogP contribution in [0.1, 0.15) is 35.2 Å². The molecule has 0 heterocycles. The van der Waals surface area contributed by atoms with Crippen molar-refractivity contribution in [1.29, 1.82) is 0 Å². The minimum absolute atomic E-state index is 0.00227. The van der Waals surface area contributed by atoms with Gasteiger partial charge in [-0.25, -0.2) is 9.18 Å². The third-order valence-electron chi connectivity index (χ3n) is 3.42. The number of hydrogen-bond acceptors (Lipinski definition) is 2. The zero-order valence-corrected chi connectivity index (χ0v) is 9.82. The normalized spacial score (nSPS) is 15.9. The Balaban J connectivity index is 2.07. The Bertz CT molecular complexity index is 429. The molecule has 1 fully saturated rings. The highest BCUT2D eigenvalue weighted by molar-refractivity contribution is 5.87. The number of carboxylic acids is 1. The van der Waals surface area contributed by atoms with Gasteiger partial charge in [-0.15, -0.1) is 0 Å². The van der Waals surface area contributed by atoms with Crippen LogP contribution in [0.5, 0.6) is 0 Å². The topological polar surface area (TPSA) is 40.5 Å². The molecule has 0 spiro atoms. The molecule has 0 unspecified atom stereocenters. The van der Waals surface area contributed by atoms with E-state index in [-0.39, 0.29) is 5.56 Å². The molecule has 92 valence electrons. The molecule has 1 aliphatic carbocycles. The van der Waals surface area contributed by atoms with Gasteiger partial charge in [-0.2, -0.15) is 0 Å². The second-order valence-corrected chi connectivity index (χ2v) is 4.61. The minimum Gasteiger partial charge on any atom is -0.478 e. The highest BCUT2D eigenvalue weighted by atomic mass is 19.1. The molecule has 0 saturated heterocycles. The summed E-state index contributed by atoms with van der Waals surface area (Å²) in [6.07, 6.45) is 3.59. The van der Waals surface area contributed by atoms with Crippen molar-refractivity contribution in [3.8, 4) is 0 Å². The molecule has 1 aliphatic rings. The summed E-state index contributed by atoms with van der Waals surface area (Å²) < 4.78 is 13.7. The molecule has 4 heteroatoms. The predicted octanol–water partition coefficient (Wildman–Crippen LogP) is 2.51. The second kappa shape index (κ2) is 4.84. The molecule has 0 bridgehead atoms. The Morgan fingerprint density at radius 1 is 1.53 bits per heavy atom. The first-order valence-electron chi connectivity index (χ1n) is 5.80. The van der Waals surface area contributed by atoms with Crippen molar-refractivity contribution in [2.75, 3.05) is 7.05 Å². The van der Waals surface area contributed by atoms with E-state index in [0.29, 0.717) is 18.2 Å². The number of nitrogens with zero attached hydrogens (tertiary/aromatic N) is 1. The van der Waals surface area contributed by atoms with E-state index < -0.39 is 11.8 Å². The highest BCUT2D eigenvalue weighted by Gasteiger charge is 2.22. The lowest BCUT2D eigenvalue weighted by molar-refractivity contribution is 0.0696. The summed E-state index contributed by atoms with van der Waals surface area (Å²) in [7, 11) is 1.98. The summed E-state index contributed by atoms with van der Waals surface area (Å²) in [5.74, 6) is -1.53. The number of benzene rings is 1. The predicted molar refractivity (Wildman–Crippen MR) is 62.5 cm³/mol. The average molecular weight is 237 g/mol. The van der Waals surface area contributed by atoms with Crippen molar-refractivity contribution in [2.45, 2.75) is 31.8 Å². The van der Waals surface area contributed by atoms with Crippen molar-refractivity contribution in [1.82, 2.24) is 4.90 Å². The van der Waals surface area contributed by atoms with Crippen LogP contribution in [0, 0.1) is 5.82 Å². The largest absolute Gasteiger partial charge is 0.478 e. The van der Waals surface area contributed by atoms with Crippen LogP contribution in [0.3, 0.4) is 0 Å². The van der Waals surface area contributed by atoms with Crippen molar-refractivity contribution >= 4 is 5.97 Å². The summed E-state index contributed by atoms with van der Waals surface area (Å²) in [4.78, 5) is 12.8. The fourth-order valence-electron chi connectivity index (χ4n) is 2.03. The zero-order valence-electron chi connectivity index (χ0n) is 9.82. The smallest absolute Gasteiger partial charge is 0.335 e. The fourth-order valence-corrected chi connectivity index (χ4v) is 2.03. The molecule has 0 amide bonds. The Kier molecular flexibility index (Phi) is 3.43. The molecule has 17 heavy (non-hydrogen) atoms. The molecule has 0 aliphatic heterocycles. The number of carboxylic acid groups (broad SMARTS) is 1. The third-order valence-corrected chi connectivity index (χ3v) is 3.42. The van der Waals surface area contributed by atoms with Crippen molar-refractivity contribution in [3.05, 3.63) is 35.1 Å². The highest BCUT2D eigenvalue weighted by Crippen LogP contribution is 2.25. The quantitative estimate of drug-likeness (QED) is 0.874.